The minimum atomic E-state index is -0.975. The Morgan fingerprint density at radius 2 is 1.90 bits per heavy atom. The molecule has 2 N–H and O–H groups in total. The molecule has 1 aliphatic rings. The lowest BCUT2D eigenvalue weighted by Gasteiger charge is -2.05. The molecule has 4 nitrogen and oxygen atoms in total. The number of thiophene rings is 1. The molecule has 1 aliphatic carbocycles. The zero-order chi connectivity index (χ0) is 14.1. The highest BCUT2D eigenvalue weighted by molar-refractivity contribution is 7.15. The Morgan fingerprint density at radius 1 is 1.20 bits per heavy atom. The van der Waals surface area contributed by atoms with E-state index in [4.69, 9.17) is 0 Å². The minimum absolute atomic E-state index is 0.252. The van der Waals surface area contributed by atoms with Crippen LogP contribution in [0.25, 0.3) is 0 Å². The van der Waals surface area contributed by atoms with Crippen molar-refractivity contribution in [1.82, 2.24) is 0 Å². The largest absolute Gasteiger partial charge is 0.478 e. The summed E-state index contributed by atoms with van der Waals surface area (Å²) >= 11 is 1.28. The van der Waals surface area contributed by atoms with Crippen LogP contribution < -0.4 is 5.32 Å². The molecule has 0 aliphatic heterocycles. The van der Waals surface area contributed by atoms with Crippen LogP contribution in [-0.4, -0.2) is 17.0 Å². The van der Waals surface area contributed by atoms with Gasteiger partial charge in [0.1, 0.15) is 5.00 Å². The average Bonchev–Trinajstić information content (AvgIpc) is 3.21. The van der Waals surface area contributed by atoms with Crippen LogP contribution in [0, 0.1) is 0 Å². The summed E-state index contributed by atoms with van der Waals surface area (Å²) in [5.74, 6) is -0.909. The van der Waals surface area contributed by atoms with Gasteiger partial charge in [-0.1, -0.05) is 18.2 Å². The Hall–Kier alpha value is -2.14. The standard InChI is InChI=1S/C15H13NO3S/c17-13(10-4-2-1-3-5-10)16-14-12(15(18)19)11(8-20-14)9-6-7-9/h1-5,8-9H,6-7H2,(H,16,17)(H,18,19). The number of nitrogens with one attached hydrogen (secondary N) is 1. The molecule has 1 aromatic heterocycles. The Kier molecular flexibility index (Phi) is 3.28. The van der Waals surface area contributed by atoms with Crippen LogP contribution in [0.2, 0.25) is 0 Å². The van der Waals surface area contributed by atoms with E-state index in [1.807, 2.05) is 11.4 Å². The molecule has 1 saturated carbocycles. The van der Waals surface area contributed by atoms with Crippen LogP contribution in [0.1, 0.15) is 45.0 Å². The third kappa shape index (κ3) is 2.44. The molecule has 20 heavy (non-hydrogen) atoms. The molecule has 1 heterocycles. The number of hydrogen-bond acceptors (Lipinski definition) is 3. The number of carboxylic acid groups (broad SMARTS) is 1. The van der Waals surface area contributed by atoms with Gasteiger partial charge in [-0.25, -0.2) is 4.79 Å². The third-order valence-corrected chi connectivity index (χ3v) is 4.23. The number of amides is 1. The summed E-state index contributed by atoms with van der Waals surface area (Å²) < 4.78 is 0. The van der Waals surface area contributed by atoms with Crippen molar-refractivity contribution < 1.29 is 14.7 Å². The molecule has 5 heteroatoms. The SMILES string of the molecule is O=C(Nc1scc(C2CC2)c1C(=O)O)c1ccccc1. The zero-order valence-corrected chi connectivity index (χ0v) is 11.4. The van der Waals surface area contributed by atoms with Crippen LogP contribution in [0.4, 0.5) is 5.00 Å². The van der Waals surface area contributed by atoms with Gasteiger partial charge in [-0.15, -0.1) is 11.3 Å². The Bertz CT molecular complexity index is 659. The van der Waals surface area contributed by atoms with Gasteiger partial charge in [-0.3, -0.25) is 4.79 Å². The van der Waals surface area contributed by atoms with Crippen molar-refractivity contribution in [1.29, 1.82) is 0 Å². The van der Waals surface area contributed by atoms with E-state index in [2.05, 4.69) is 5.32 Å². The first-order valence-electron chi connectivity index (χ1n) is 6.38. The van der Waals surface area contributed by atoms with Crippen LogP contribution in [0.5, 0.6) is 0 Å². The number of carbonyl (C=O) groups is 2. The smallest absolute Gasteiger partial charge is 0.339 e. The summed E-state index contributed by atoms with van der Waals surface area (Å²) in [5.41, 5.74) is 1.62. The maximum absolute atomic E-state index is 12.1. The van der Waals surface area contributed by atoms with Crippen LogP contribution in [-0.2, 0) is 0 Å². The number of rotatable bonds is 4. The lowest BCUT2D eigenvalue weighted by atomic mass is 10.1. The van der Waals surface area contributed by atoms with Gasteiger partial charge < -0.3 is 10.4 Å². The van der Waals surface area contributed by atoms with Gasteiger partial charge in [-0.2, -0.15) is 0 Å². The maximum atomic E-state index is 12.1. The van der Waals surface area contributed by atoms with Gasteiger partial charge in [-0.05, 0) is 41.8 Å². The maximum Gasteiger partial charge on any atom is 0.339 e. The molecule has 0 spiro atoms. The monoisotopic (exact) mass is 287 g/mol. The molecule has 1 fully saturated rings. The van der Waals surface area contributed by atoms with E-state index in [1.54, 1.807) is 24.3 Å². The van der Waals surface area contributed by atoms with Crippen molar-refractivity contribution in [3.8, 4) is 0 Å². The fraction of sp³-hybridized carbons (Fsp3) is 0.200. The summed E-state index contributed by atoms with van der Waals surface area (Å²) in [7, 11) is 0. The molecule has 102 valence electrons. The van der Waals surface area contributed by atoms with Crippen LogP contribution >= 0.6 is 11.3 Å². The summed E-state index contributed by atoms with van der Waals surface area (Å²) in [4.78, 5) is 23.5. The van der Waals surface area contributed by atoms with Crippen molar-refractivity contribution in [2.24, 2.45) is 0 Å². The zero-order valence-electron chi connectivity index (χ0n) is 10.6. The van der Waals surface area contributed by atoms with E-state index in [9.17, 15) is 14.7 Å². The van der Waals surface area contributed by atoms with Gasteiger partial charge in [0.05, 0.1) is 5.56 Å². The highest BCUT2D eigenvalue weighted by Gasteiger charge is 2.31. The predicted molar refractivity (Wildman–Crippen MR) is 77.6 cm³/mol. The number of carboxylic acids is 1. The topological polar surface area (TPSA) is 66.4 Å². The molecule has 3 rings (SSSR count). The molecule has 0 radical (unpaired) electrons. The van der Waals surface area contributed by atoms with Gasteiger partial charge in [0.15, 0.2) is 0 Å². The van der Waals surface area contributed by atoms with Crippen LogP contribution in [0.3, 0.4) is 0 Å². The highest BCUT2D eigenvalue weighted by Crippen LogP contribution is 2.45. The second-order valence-electron chi connectivity index (χ2n) is 4.79. The Labute approximate surface area is 120 Å². The highest BCUT2D eigenvalue weighted by atomic mass is 32.1. The van der Waals surface area contributed by atoms with Crippen LogP contribution in [0.15, 0.2) is 35.7 Å². The quantitative estimate of drug-likeness (QED) is 0.903. The normalized spacial score (nSPS) is 14.0. The molecular formula is C15H13NO3S. The first kappa shape index (κ1) is 12.9. The lowest BCUT2D eigenvalue weighted by molar-refractivity contribution is 0.0697. The number of anilines is 1. The van der Waals surface area contributed by atoms with Gasteiger partial charge >= 0.3 is 5.97 Å². The van der Waals surface area contributed by atoms with Crippen molar-refractivity contribution in [3.05, 3.63) is 52.4 Å². The first-order valence-corrected chi connectivity index (χ1v) is 7.26. The van der Waals surface area contributed by atoms with Crippen molar-refractivity contribution in [3.63, 3.8) is 0 Å². The second kappa shape index (κ2) is 5.09. The minimum Gasteiger partial charge on any atom is -0.478 e. The number of hydrogen-bond donors (Lipinski definition) is 2. The molecule has 0 bridgehead atoms. The van der Waals surface area contributed by atoms with Gasteiger partial charge in [0.25, 0.3) is 5.91 Å². The Morgan fingerprint density at radius 3 is 2.50 bits per heavy atom. The van der Waals surface area contributed by atoms with E-state index >= 15 is 0 Å². The molecule has 0 saturated heterocycles. The van der Waals surface area contributed by atoms with E-state index in [0.29, 0.717) is 16.5 Å². The summed E-state index contributed by atoms with van der Waals surface area (Å²) in [6.45, 7) is 0. The first-order chi connectivity index (χ1) is 9.66. The predicted octanol–water partition coefficient (Wildman–Crippen LogP) is 3.58. The summed E-state index contributed by atoms with van der Waals surface area (Å²) in [5, 5.41) is 14.3. The third-order valence-electron chi connectivity index (χ3n) is 3.31. The fourth-order valence-corrected chi connectivity index (χ4v) is 3.17. The van der Waals surface area contributed by atoms with E-state index in [1.165, 1.54) is 11.3 Å². The molecular weight excluding hydrogens is 274 g/mol. The molecule has 1 aromatic carbocycles. The molecule has 2 aromatic rings. The molecule has 1 amide bonds. The summed E-state index contributed by atoms with van der Waals surface area (Å²) in [6, 6.07) is 8.78. The summed E-state index contributed by atoms with van der Waals surface area (Å²) in [6.07, 6.45) is 2.06. The van der Waals surface area contributed by atoms with Gasteiger partial charge in [0.2, 0.25) is 0 Å². The fourth-order valence-electron chi connectivity index (χ4n) is 2.14. The molecule has 0 atom stereocenters. The Balaban J connectivity index is 1.87. The van der Waals surface area contributed by atoms with E-state index in [0.717, 1.165) is 18.4 Å². The van der Waals surface area contributed by atoms with E-state index < -0.39 is 5.97 Å². The second-order valence-corrected chi connectivity index (χ2v) is 5.67. The number of aromatic carboxylic acids is 1. The number of carbonyl (C=O) groups excluding carboxylic acids is 1. The number of benzene rings is 1. The lowest BCUT2D eigenvalue weighted by Crippen LogP contribution is -2.13. The average molecular weight is 287 g/mol. The van der Waals surface area contributed by atoms with Crippen molar-refractivity contribution >= 4 is 28.2 Å². The van der Waals surface area contributed by atoms with Crippen molar-refractivity contribution in [2.45, 2.75) is 18.8 Å². The van der Waals surface area contributed by atoms with Gasteiger partial charge in [0, 0.05) is 5.56 Å². The van der Waals surface area contributed by atoms with Crippen molar-refractivity contribution in [2.75, 3.05) is 5.32 Å². The molecule has 0 unspecified atom stereocenters. The van der Waals surface area contributed by atoms with E-state index in [-0.39, 0.29) is 11.5 Å².